The van der Waals surface area contributed by atoms with E-state index in [1.807, 2.05) is 0 Å². The SMILES string of the molecule is CCCC(CCC)[C](C)CCC(C)C. The topological polar surface area (TPSA) is 0 Å². The summed E-state index contributed by atoms with van der Waals surface area (Å²) in [5.74, 6) is 3.51. The minimum atomic E-state index is 0.855. The molecule has 0 nitrogen and oxygen atoms in total. The molecule has 0 aromatic rings. The predicted octanol–water partition coefficient (Wildman–Crippen LogP) is 5.23. The van der Waals surface area contributed by atoms with Crippen molar-refractivity contribution in [3.05, 3.63) is 5.92 Å². The zero-order valence-corrected chi connectivity index (χ0v) is 10.9. The van der Waals surface area contributed by atoms with Gasteiger partial charge in [-0.3, -0.25) is 0 Å². The van der Waals surface area contributed by atoms with E-state index in [1.165, 1.54) is 38.5 Å². The Labute approximate surface area is 91.5 Å². The third-order valence-corrected chi connectivity index (χ3v) is 3.09. The Bertz CT molecular complexity index is 109. The summed E-state index contributed by atoms with van der Waals surface area (Å²) in [7, 11) is 0. The Balaban J connectivity index is 3.81. The summed E-state index contributed by atoms with van der Waals surface area (Å²) in [6, 6.07) is 0. The van der Waals surface area contributed by atoms with E-state index in [9.17, 15) is 0 Å². The van der Waals surface area contributed by atoms with E-state index in [-0.39, 0.29) is 0 Å². The Morgan fingerprint density at radius 2 is 1.43 bits per heavy atom. The van der Waals surface area contributed by atoms with Gasteiger partial charge in [-0.15, -0.1) is 0 Å². The van der Waals surface area contributed by atoms with Crippen molar-refractivity contribution in [3.8, 4) is 0 Å². The highest BCUT2D eigenvalue weighted by Gasteiger charge is 2.15. The summed E-state index contributed by atoms with van der Waals surface area (Å²) in [4.78, 5) is 0. The Hall–Kier alpha value is 0. The van der Waals surface area contributed by atoms with E-state index in [0.29, 0.717) is 0 Å². The summed E-state index contributed by atoms with van der Waals surface area (Å²) < 4.78 is 0. The fourth-order valence-electron chi connectivity index (χ4n) is 2.05. The van der Waals surface area contributed by atoms with Crippen molar-refractivity contribution in [2.75, 3.05) is 0 Å². The lowest BCUT2D eigenvalue weighted by Gasteiger charge is -2.23. The van der Waals surface area contributed by atoms with Gasteiger partial charge in [-0.1, -0.05) is 66.7 Å². The summed E-state index contributed by atoms with van der Waals surface area (Å²) in [5.41, 5.74) is 0. The molecule has 0 fully saturated rings. The molecule has 0 atom stereocenters. The summed E-state index contributed by atoms with van der Waals surface area (Å²) in [6.45, 7) is 11.6. The van der Waals surface area contributed by atoms with Crippen LogP contribution in [0.15, 0.2) is 0 Å². The Morgan fingerprint density at radius 3 is 1.79 bits per heavy atom. The molecule has 0 saturated carbocycles. The van der Waals surface area contributed by atoms with Gasteiger partial charge in [0, 0.05) is 0 Å². The first-order valence-corrected chi connectivity index (χ1v) is 6.44. The largest absolute Gasteiger partial charge is 0.0654 e. The minimum absolute atomic E-state index is 0.855. The molecule has 0 aliphatic carbocycles. The van der Waals surface area contributed by atoms with Crippen LogP contribution in [0.2, 0.25) is 0 Å². The standard InChI is InChI=1S/C14H29/c1-6-8-14(9-7-2)13(5)11-10-12(3)4/h12,14H,6-11H2,1-5H3. The molecule has 0 unspecified atom stereocenters. The monoisotopic (exact) mass is 197 g/mol. The molecule has 0 N–H and O–H groups in total. The molecule has 85 valence electrons. The van der Waals surface area contributed by atoms with Gasteiger partial charge in [-0.2, -0.15) is 0 Å². The van der Waals surface area contributed by atoms with E-state index < -0.39 is 0 Å². The lowest BCUT2D eigenvalue weighted by atomic mass is 9.82. The van der Waals surface area contributed by atoms with Gasteiger partial charge in [0.1, 0.15) is 0 Å². The smallest absolute Gasteiger partial charge is 0.0241 e. The first-order valence-electron chi connectivity index (χ1n) is 6.44. The molecule has 1 radical (unpaired) electrons. The van der Waals surface area contributed by atoms with Gasteiger partial charge in [0.2, 0.25) is 0 Å². The summed E-state index contributed by atoms with van der Waals surface area (Å²) >= 11 is 0. The van der Waals surface area contributed by atoms with E-state index in [2.05, 4.69) is 34.6 Å². The molecule has 0 saturated heterocycles. The first kappa shape index (κ1) is 14.0. The Kier molecular flexibility index (Phi) is 8.32. The molecule has 0 aliphatic rings. The molecule has 0 aromatic carbocycles. The van der Waals surface area contributed by atoms with Crippen molar-refractivity contribution < 1.29 is 0 Å². The Morgan fingerprint density at radius 1 is 0.929 bits per heavy atom. The van der Waals surface area contributed by atoms with Crippen LogP contribution >= 0.6 is 0 Å². The fraction of sp³-hybridized carbons (Fsp3) is 0.929. The van der Waals surface area contributed by atoms with E-state index in [4.69, 9.17) is 0 Å². The van der Waals surface area contributed by atoms with Crippen LogP contribution in [0.1, 0.15) is 73.1 Å². The van der Waals surface area contributed by atoms with Crippen LogP contribution < -0.4 is 0 Å². The quantitative estimate of drug-likeness (QED) is 0.499. The van der Waals surface area contributed by atoms with Crippen molar-refractivity contribution in [1.82, 2.24) is 0 Å². The zero-order valence-electron chi connectivity index (χ0n) is 10.9. The zero-order chi connectivity index (χ0) is 11.0. The molecule has 0 heteroatoms. The maximum absolute atomic E-state index is 2.37. The molecule has 0 rings (SSSR count). The van der Waals surface area contributed by atoms with Gasteiger partial charge in [-0.05, 0) is 24.2 Å². The second-order valence-electron chi connectivity index (χ2n) is 5.05. The van der Waals surface area contributed by atoms with Gasteiger partial charge < -0.3 is 0 Å². The van der Waals surface area contributed by atoms with Crippen LogP contribution in [-0.4, -0.2) is 0 Å². The molecule has 0 heterocycles. The molecular formula is C14H29. The average molecular weight is 197 g/mol. The molecule has 0 bridgehead atoms. The van der Waals surface area contributed by atoms with Gasteiger partial charge >= 0.3 is 0 Å². The maximum Gasteiger partial charge on any atom is -0.0241 e. The highest BCUT2D eigenvalue weighted by atomic mass is 14.2. The van der Waals surface area contributed by atoms with E-state index in [1.54, 1.807) is 5.92 Å². The number of hydrogen-bond donors (Lipinski definition) is 0. The highest BCUT2D eigenvalue weighted by Crippen LogP contribution is 2.29. The third-order valence-electron chi connectivity index (χ3n) is 3.09. The van der Waals surface area contributed by atoms with E-state index >= 15 is 0 Å². The van der Waals surface area contributed by atoms with Crippen molar-refractivity contribution in [2.24, 2.45) is 11.8 Å². The highest BCUT2D eigenvalue weighted by molar-refractivity contribution is 4.91. The van der Waals surface area contributed by atoms with Crippen LogP contribution in [0.4, 0.5) is 0 Å². The minimum Gasteiger partial charge on any atom is -0.0654 e. The second-order valence-corrected chi connectivity index (χ2v) is 5.05. The lowest BCUT2D eigenvalue weighted by molar-refractivity contribution is 0.416. The third kappa shape index (κ3) is 6.45. The van der Waals surface area contributed by atoms with Crippen molar-refractivity contribution in [1.29, 1.82) is 0 Å². The van der Waals surface area contributed by atoms with Gasteiger partial charge in [0.05, 0.1) is 0 Å². The number of rotatable bonds is 8. The molecule has 0 aliphatic heterocycles. The molecule has 0 aromatic heterocycles. The normalized spacial score (nSPS) is 12.0. The van der Waals surface area contributed by atoms with Gasteiger partial charge in [0.25, 0.3) is 0 Å². The van der Waals surface area contributed by atoms with Crippen LogP contribution in [0, 0.1) is 17.8 Å². The van der Waals surface area contributed by atoms with Gasteiger partial charge in [-0.25, -0.2) is 0 Å². The van der Waals surface area contributed by atoms with Crippen molar-refractivity contribution in [2.45, 2.75) is 73.1 Å². The maximum atomic E-state index is 2.37. The van der Waals surface area contributed by atoms with Crippen LogP contribution in [0.25, 0.3) is 0 Å². The van der Waals surface area contributed by atoms with Gasteiger partial charge in [0.15, 0.2) is 0 Å². The number of hydrogen-bond acceptors (Lipinski definition) is 0. The van der Waals surface area contributed by atoms with E-state index in [0.717, 1.165) is 11.8 Å². The summed E-state index contributed by atoms with van der Waals surface area (Å²) in [6.07, 6.45) is 8.20. The molecular weight excluding hydrogens is 168 g/mol. The van der Waals surface area contributed by atoms with Crippen LogP contribution in [-0.2, 0) is 0 Å². The van der Waals surface area contributed by atoms with Crippen molar-refractivity contribution in [3.63, 3.8) is 0 Å². The second kappa shape index (κ2) is 8.32. The van der Waals surface area contributed by atoms with Crippen molar-refractivity contribution >= 4 is 0 Å². The van der Waals surface area contributed by atoms with Crippen LogP contribution in [0.3, 0.4) is 0 Å². The average Bonchev–Trinajstić information content (AvgIpc) is 2.14. The molecule has 0 spiro atoms. The lowest BCUT2D eigenvalue weighted by Crippen LogP contribution is -2.10. The first-order chi connectivity index (χ1) is 6.61. The molecule has 14 heavy (non-hydrogen) atoms. The summed E-state index contributed by atoms with van der Waals surface area (Å²) in [5, 5.41) is 0. The predicted molar refractivity (Wildman–Crippen MR) is 66.3 cm³/mol. The van der Waals surface area contributed by atoms with Crippen LogP contribution in [0.5, 0.6) is 0 Å². The fourth-order valence-corrected chi connectivity index (χ4v) is 2.05. The molecule has 0 amide bonds.